The molecule has 0 aromatic carbocycles. The van der Waals surface area contributed by atoms with Gasteiger partial charge in [-0.3, -0.25) is 0 Å². The van der Waals surface area contributed by atoms with E-state index < -0.39 is 23.5 Å². The number of aromatic nitrogens is 4. The van der Waals surface area contributed by atoms with Crippen LogP contribution in [0.25, 0.3) is 5.65 Å². The van der Waals surface area contributed by atoms with Gasteiger partial charge in [-0.2, -0.15) is 14.6 Å². The fourth-order valence-electron chi connectivity index (χ4n) is 4.36. The Bertz CT molecular complexity index is 1120. The van der Waals surface area contributed by atoms with Gasteiger partial charge in [0.15, 0.2) is 11.3 Å². The molecule has 0 aliphatic carbocycles. The molecule has 2 amide bonds. The molecule has 0 saturated carbocycles. The number of likely N-dealkylation sites (tertiary alicyclic amines) is 2. The second-order valence-corrected chi connectivity index (χ2v) is 11.0. The zero-order valence-electron chi connectivity index (χ0n) is 21.9. The summed E-state index contributed by atoms with van der Waals surface area (Å²) in [5.41, 5.74) is -0.538. The molecule has 2 fully saturated rings. The van der Waals surface area contributed by atoms with Gasteiger partial charge in [-0.1, -0.05) is 13.8 Å². The number of anilines is 1. The maximum Gasteiger partial charge on any atom is 0.410 e. The van der Waals surface area contributed by atoms with Crippen molar-refractivity contribution in [2.75, 3.05) is 38.1 Å². The first-order valence-corrected chi connectivity index (χ1v) is 12.4. The van der Waals surface area contributed by atoms with Crippen molar-refractivity contribution in [3.05, 3.63) is 17.6 Å². The molecule has 2 aliphatic rings. The number of rotatable bonds is 5. The largest absolute Gasteiger partial charge is 0.446 e. The van der Waals surface area contributed by atoms with Crippen molar-refractivity contribution in [3.8, 4) is 0 Å². The van der Waals surface area contributed by atoms with E-state index in [0.717, 1.165) is 11.2 Å². The van der Waals surface area contributed by atoms with Crippen molar-refractivity contribution >= 4 is 23.8 Å². The van der Waals surface area contributed by atoms with Crippen LogP contribution in [0.5, 0.6) is 0 Å². The number of nitrogens with zero attached hydrogens (tertiary/aromatic N) is 6. The maximum atomic E-state index is 14.8. The third kappa shape index (κ3) is 5.79. The number of carbonyl (C=O) groups is 2. The Balaban J connectivity index is 1.24. The van der Waals surface area contributed by atoms with E-state index >= 15 is 0 Å². The van der Waals surface area contributed by atoms with Crippen molar-refractivity contribution in [1.82, 2.24) is 29.4 Å². The summed E-state index contributed by atoms with van der Waals surface area (Å²) in [5.74, 6) is 1.58. The molecule has 2 aliphatic heterocycles. The molecule has 11 nitrogen and oxygen atoms in total. The fourth-order valence-corrected chi connectivity index (χ4v) is 4.36. The Morgan fingerprint density at radius 3 is 2.44 bits per heavy atom. The number of nitrogens with one attached hydrogen (secondary N) is 1. The second-order valence-electron chi connectivity index (χ2n) is 11.0. The van der Waals surface area contributed by atoms with Crippen molar-refractivity contribution in [3.63, 3.8) is 0 Å². The number of carbonyl (C=O) groups excluding carboxylic acids is 2. The predicted molar refractivity (Wildman–Crippen MR) is 131 cm³/mol. The number of hydrogen-bond donors (Lipinski definition) is 1. The van der Waals surface area contributed by atoms with Gasteiger partial charge < -0.3 is 24.6 Å². The van der Waals surface area contributed by atoms with Crippen LogP contribution in [0.2, 0.25) is 0 Å². The van der Waals surface area contributed by atoms with E-state index in [1.807, 2.05) is 13.1 Å². The Morgan fingerprint density at radius 2 is 1.83 bits per heavy atom. The average Bonchev–Trinajstić information content (AvgIpc) is 3.19. The molecule has 0 spiro atoms. The lowest BCUT2D eigenvalue weighted by Crippen LogP contribution is -2.64. The van der Waals surface area contributed by atoms with E-state index in [1.165, 1.54) is 4.90 Å². The summed E-state index contributed by atoms with van der Waals surface area (Å²) in [4.78, 5) is 36.4. The summed E-state index contributed by atoms with van der Waals surface area (Å²) in [6.45, 7) is 11.6. The van der Waals surface area contributed by atoms with Gasteiger partial charge in [-0.25, -0.2) is 19.0 Å². The predicted octanol–water partition coefficient (Wildman–Crippen LogP) is 3.53. The minimum absolute atomic E-state index is 0.0970. The van der Waals surface area contributed by atoms with Crippen LogP contribution in [0.3, 0.4) is 0 Å². The molecule has 0 bridgehead atoms. The lowest BCUT2D eigenvalue weighted by molar-refractivity contribution is -0.0784. The van der Waals surface area contributed by atoms with Gasteiger partial charge in [0.2, 0.25) is 5.95 Å². The number of piperidine rings is 1. The number of alkyl halides is 1. The number of halogens is 1. The fraction of sp³-hybridized carbons (Fsp3) is 0.708. The third-order valence-corrected chi connectivity index (χ3v) is 6.27. The van der Waals surface area contributed by atoms with Crippen molar-refractivity contribution in [1.29, 1.82) is 0 Å². The summed E-state index contributed by atoms with van der Waals surface area (Å²) >= 11 is 0. The van der Waals surface area contributed by atoms with Crippen LogP contribution in [0.1, 0.15) is 64.8 Å². The molecule has 36 heavy (non-hydrogen) atoms. The van der Waals surface area contributed by atoms with Gasteiger partial charge in [0.25, 0.3) is 0 Å². The van der Waals surface area contributed by atoms with Crippen molar-refractivity contribution in [2.45, 2.75) is 77.6 Å². The first-order valence-electron chi connectivity index (χ1n) is 12.4. The van der Waals surface area contributed by atoms with Crippen LogP contribution in [0.15, 0.2) is 6.20 Å². The minimum atomic E-state index is -1.75. The molecular weight excluding hydrogens is 469 g/mol. The number of fused-ring (bicyclic) bond motifs is 1. The highest BCUT2D eigenvalue weighted by Gasteiger charge is 2.48. The molecule has 4 rings (SSSR count). The van der Waals surface area contributed by atoms with E-state index in [4.69, 9.17) is 9.47 Å². The molecule has 0 atom stereocenters. The Hall–Kier alpha value is -3.18. The highest BCUT2D eigenvalue weighted by Crippen LogP contribution is 2.28. The van der Waals surface area contributed by atoms with Crippen LogP contribution in [-0.2, 0) is 9.47 Å². The smallest absolute Gasteiger partial charge is 0.410 e. The SMILES string of the molecule is Cc1nc(NC2CCN(C(=O)OCC3(F)CN(C(=O)OC(C)(C)C)C3)CC2)n2ncc(C(C)C)c2n1. The Kier molecular flexibility index (Phi) is 6.98. The molecule has 12 heteroatoms. The summed E-state index contributed by atoms with van der Waals surface area (Å²) < 4.78 is 27.0. The van der Waals surface area contributed by atoms with E-state index in [0.29, 0.717) is 43.6 Å². The number of amides is 2. The highest BCUT2D eigenvalue weighted by atomic mass is 19.1. The summed E-state index contributed by atoms with van der Waals surface area (Å²) in [5, 5.41) is 7.90. The van der Waals surface area contributed by atoms with E-state index in [9.17, 15) is 14.0 Å². The van der Waals surface area contributed by atoms with Crippen LogP contribution in [0.4, 0.5) is 19.9 Å². The maximum absolute atomic E-state index is 14.8. The monoisotopic (exact) mass is 505 g/mol. The number of hydrogen-bond acceptors (Lipinski definition) is 8. The average molecular weight is 506 g/mol. The molecular formula is C24H36FN7O4. The first-order chi connectivity index (χ1) is 16.8. The van der Waals surface area contributed by atoms with Gasteiger partial charge in [0.1, 0.15) is 18.0 Å². The summed E-state index contributed by atoms with van der Waals surface area (Å²) in [7, 11) is 0. The summed E-state index contributed by atoms with van der Waals surface area (Å²) in [6.07, 6.45) is 2.08. The summed E-state index contributed by atoms with van der Waals surface area (Å²) in [6, 6.07) is 0.0970. The number of aryl methyl sites for hydroxylation is 1. The minimum Gasteiger partial charge on any atom is -0.446 e. The number of ether oxygens (including phenoxy) is 2. The van der Waals surface area contributed by atoms with Crippen LogP contribution in [0, 0.1) is 6.92 Å². The van der Waals surface area contributed by atoms with Crippen molar-refractivity contribution < 1.29 is 23.5 Å². The molecule has 0 radical (unpaired) electrons. The van der Waals surface area contributed by atoms with Crippen LogP contribution in [-0.4, -0.2) is 91.7 Å². The van der Waals surface area contributed by atoms with Gasteiger partial charge >= 0.3 is 12.2 Å². The molecule has 0 unspecified atom stereocenters. The molecule has 2 aromatic rings. The quantitative estimate of drug-likeness (QED) is 0.657. The zero-order valence-corrected chi connectivity index (χ0v) is 21.9. The Labute approximate surface area is 210 Å². The highest BCUT2D eigenvalue weighted by molar-refractivity contribution is 5.70. The first kappa shape index (κ1) is 25.9. The molecule has 2 saturated heterocycles. The molecule has 4 heterocycles. The molecule has 2 aromatic heterocycles. The normalized spacial score (nSPS) is 18.3. The van der Waals surface area contributed by atoms with E-state index in [-0.39, 0.29) is 25.7 Å². The lowest BCUT2D eigenvalue weighted by Gasteiger charge is -2.44. The molecule has 198 valence electrons. The van der Waals surface area contributed by atoms with Crippen LogP contribution >= 0.6 is 0 Å². The van der Waals surface area contributed by atoms with Gasteiger partial charge in [-0.05, 0) is 46.5 Å². The van der Waals surface area contributed by atoms with Gasteiger partial charge in [0, 0.05) is 24.7 Å². The standard InChI is InChI=1S/C24H36FN7O4/c1-15(2)18-11-26-32-19(18)27-16(3)28-20(32)29-17-7-9-30(10-8-17)21(33)35-14-24(25)12-31(13-24)22(34)36-23(4,5)6/h11,15,17H,7-10,12-14H2,1-6H3,(H,27,28,29). The van der Waals surface area contributed by atoms with E-state index in [1.54, 1.807) is 30.2 Å². The second kappa shape index (κ2) is 9.70. The topological polar surface area (TPSA) is 114 Å². The lowest BCUT2D eigenvalue weighted by atomic mass is 9.98. The van der Waals surface area contributed by atoms with Gasteiger partial charge in [-0.15, -0.1) is 0 Å². The van der Waals surface area contributed by atoms with Crippen molar-refractivity contribution in [2.24, 2.45) is 0 Å². The molecule has 1 N–H and O–H groups in total. The van der Waals surface area contributed by atoms with Gasteiger partial charge in [0.05, 0.1) is 19.3 Å². The Morgan fingerprint density at radius 1 is 1.17 bits per heavy atom. The van der Waals surface area contributed by atoms with E-state index in [2.05, 4.69) is 34.2 Å². The third-order valence-electron chi connectivity index (χ3n) is 6.27. The van der Waals surface area contributed by atoms with Crippen LogP contribution < -0.4 is 5.32 Å². The zero-order chi connectivity index (χ0) is 26.3.